The van der Waals surface area contributed by atoms with E-state index in [2.05, 4.69) is 38.2 Å². The van der Waals surface area contributed by atoms with E-state index in [1.165, 1.54) is 12.8 Å². The number of halogens is 1. The van der Waals surface area contributed by atoms with Crippen molar-refractivity contribution in [3.63, 3.8) is 0 Å². The first kappa shape index (κ1) is 12.6. The molecule has 0 amide bonds. The van der Waals surface area contributed by atoms with Crippen molar-refractivity contribution in [1.82, 2.24) is 9.97 Å². The minimum Gasteiger partial charge on any atom is -0.473 e. The van der Waals surface area contributed by atoms with Crippen molar-refractivity contribution >= 4 is 21.9 Å². The van der Waals surface area contributed by atoms with Crippen molar-refractivity contribution in [3.05, 3.63) is 10.7 Å². The zero-order valence-corrected chi connectivity index (χ0v) is 11.4. The van der Waals surface area contributed by atoms with Crippen LogP contribution >= 0.6 is 15.9 Å². The Morgan fingerprint density at radius 2 is 2.35 bits per heavy atom. The van der Waals surface area contributed by atoms with Crippen LogP contribution < -0.4 is 16.0 Å². The summed E-state index contributed by atoms with van der Waals surface area (Å²) < 4.78 is 6.66. The number of nitrogen functional groups attached to an aromatic ring is 1. The van der Waals surface area contributed by atoms with Crippen molar-refractivity contribution in [2.24, 2.45) is 11.8 Å². The molecule has 1 aliphatic carbocycles. The van der Waals surface area contributed by atoms with E-state index < -0.39 is 0 Å². The third-order valence-electron chi connectivity index (χ3n) is 3.01. The SMILES string of the molecule is CC1CCCC(Oc2nc(NN)ncc2Br)C1. The number of ether oxygens (including phenoxy) is 1. The van der Waals surface area contributed by atoms with Gasteiger partial charge in [-0.25, -0.2) is 10.8 Å². The van der Waals surface area contributed by atoms with Gasteiger partial charge in [0.2, 0.25) is 11.8 Å². The molecule has 1 aromatic rings. The molecule has 2 rings (SSSR count). The highest BCUT2D eigenvalue weighted by Crippen LogP contribution is 2.30. The number of hydrazine groups is 1. The Hall–Kier alpha value is -0.880. The summed E-state index contributed by atoms with van der Waals surface area (Å²) in [5, 5.41) is 0. The molecule has 0 aliphatic heterocycles. The van der Waals surface area contributed by atoms with Crippen LogP contribution in [0.4, 0.5) is 5.95 Å². The van der Waals surface area contributed by atoms with Gasteiger partial charge < -0.3 is 4.74 Å². The van der Waals surface area contributed by atoms with Crippen LogP contribution in [-0.4, -0.2) is 16.1 Å². The second kappa shape index (κ2) is 5.64. The molecule has 3 N–H and O–H groups in total. The summed E-state index contributed by atoms with van der Waals surface area (Å²) in [7, 11) is 0. The summed E-state index contributed by atoms with van der Waals surface area (Å²) in [4.78, 5) is 8.18. The highest BCUT2D eigenvalue weighted by Gasteiger charge is 2.21. The molecular formula is C11H17BrN4O. The number of nitrogens with zero attached hydrogens (tertiary/aromatic N) is 2. The lowest BCUT2D eigenvalue weighted by molar-refractivity contribution is 0.123. The molecule has 17 heavy (non-hydrogen) atoms. The summed E-state index contributed by atoms with van der Waals surface area (Å²) in [5.41, 5.74) is 2.42. The lowest BCUT2D eigenvalue weighted by atomic mass is 9.89. The molecule has 5 nitrogen and oxygen atoms in total. The Morgan fingerprint density at radius 1 is 1.53 bits per heavy atom. The molecular weight excluding hydrogens is 284 g/mol. The lowest BCUT2D eigenvalue weighted by Gasteiger charge is -2.27. The molecule has 0 radical (unpaired) electrons. The second-order valence-corrected chi connectivity index (χ2v) is 5.36. The highest BCUT2D eigenvalue weighted by atomic mass is 79.9. The van der Waals surface area contributed by atoms with Crippen molar-refractivity contribution in [3.8, 4) is 5.88 Å². The number of nitrogens with two attached hydrogens (primary N) is 1. The smallest absolute Gasteiger partial charge is 0.240 e. The molecule has 0 aromatic carbocycles. The summed E-state index contributed by atoms with van der Waals surface area (Å²) >= 11 is 3.38. The average Bonchev–Trinajstić information content (AvgIpc) is 2.32. The van der Waals surface area contributed by atoms with E-state index in [0.717, 1.165) is 23.2 Å². The molecule has 0 spiro atoms. The summed E-state index contributed by atoms with van der Waals surface area (Å²) in [6.45, 7) is 2.26. The molecule has 1 aromatic heterocycles. The van der Waals surface area contributed by atoms with E-state index in [9.17, 15) is 0 Å². The van der Waals surface area contributed by atoms with Crippen molar-refractivity contribution < 1.29 is 4.74 Å². The second-order valence-electron chi connectivity index (χ2n) is 4.50. The van der Waals surface area contributed by atoms with Crippen LogP contribution in [0.1, 0.15) is 32.6 Å². The first-order valence-corrected chi connectivity index (χ1v) is 6.64. The van der Waals surface area contributed by atoms with Crippen LogP contribution in [0.15, 0.2) is 10.7 Å². The Kier molecular flexibility index (Phi) is 4.17. The number of anilines is 1. The van der Waals surface area contributed by atoms with E-state index in [4.69, 9.17) is 10.6 Å². The molecule has 0 saturated heterocycles. The molecule has 1 aliphatic rings. The average molecular weight is 301 g/mol. The fourth-order valence-corrected chi connectivity index (χ4v) is 2.43. The first-order valence-electron chi connectivity index (χ1n) is 5.85. The van der Waals surface area contributed by atoms with Gasteiger partial charge in [0.15, 0.2) is 0 Å². The number of aromatic nitrogens is 2. The zero-order chi connectivity index (χ0) is 12.3. The van der Waals surface area contributed by atoms with Crippen molar-refractivity contribution in [2.45, 2.75) is 38.7 Å². The molecule has 94 valence electrons. The summed E-state index contributed by atoms with van der Waals surface area (Å²) in [6.07, 6.45) is 6.57. The number of nitrogens with one attached hydrogen (secondary N) is 1. The Balaban J connectivity index is 2.06. The zero-order valence-electron chi connectivity index (χ0n) is 9.82. The normalized spacial score (nSPS) is 24.4. The van der Waals surface area contributed by atoms with Gasteiger partial charge in [0.25, 0.3) is 0 Å². The third kappa shape index (κ3) is 3.29. The largest absolute Gasteiger partial charge is 0.473 e. The third-order valence-corrected chi connectivity index (χ3v) is 3.55. The molecule has 1 fully saturated rings. The Morgan fingerprint density at radius 3 is 3.06 bits per heavy atom. The van der Waals surface area contributed by atoms with Gasteiger partial charge in [-0.1, -0.05) is 13.3 Å². The maximum Gasteiger partial charge on any atom is 0.240 e. The molecule has 6 heteroatoms. The number of hydrogen-bond acceptors (Lipinski definition) is 5. The maximum atomic E-state index is 5.91. The predicted octanol–water partition coefficient (Wildman–Crippen LogP) is 2.48. The monoisotopic (exact) mass is 300 g/mol. The van der Waals surface area contributed by atoms with E-state index in [0.29, 0.717) is 11.8 Å². The maximum absolute atomic E-state index is 5.91. The van der Waals surface area contributed by atoms with Crippen molar-refractivity contribution in [1.29, 1.82) is 0 Å². The topological polar surface area (TPSA) is 73.1 Å². The quantitative estimate of drug-likeness (QED) is 0.663. The fraction of sp³-hybridized carbons (Fsp3) is 0.636. The number of rotatable bonds is 3. The molecule has 0 bridgehead atoms. The predicted molar refractivity (Wildman–Crippen MR) is 69.6 cm³/mol. The minimum atomic E-state index is 0.246. The Bertz CT molecular complexity index is 388. The van der Waals surface area contributed by atoms with Gasteiger partial charge in [-0.05, 0) is 41.1 Å². The van der Waals surface area contributed by atoms with Crippen LogP contribution in [0, 0.1) is 5.92 Å². The van der Waals surface area contributed by atoms with Gasteiger partial charge in [-0.15, -0.1) is 0 Å². The minimum absolute atomic E-state index is 0.246. The molecule has 2 atom stereocenters. The Labute approximate surface area is 109 Å². The van der Waals surface area contributed by atoms with Gasteiger partial charge in [0.05, 0.1) is 10.7 Å². The van der Waals surface area contributed by atoms with E-state index in [-0.39, 0.29) is 6.10 Å². The lowest BCUT2D eigenvalue weighted by Crippen LogP contribution is -2.25. The van der Waals surface area contributed by atoms with Crippen LogP contribution in [0.3, 0.4) is 0 Å². The van der Waals surface area contributed by atoms with Gasteiger partial charge in [0.1, 0.15) is 6.10 Å². The summed E-state index contributed by atoms with van der Waals surface area (Å²) in [6, 6.07) is 0. The van der Waals surface area contributed by atoms with Gasteiger partial charge in [0, 0.05) is 0 Å². The van der Waals surface area contributed by atoms with Gasteiger partial charge in [-0.2, -0.15) is 4.98 Å². The van der Waals surface area contributed by atoms with E-state index >= 15 is 0 Å². The van der Waals surface area contributed by atoms with Crippen LogP contribution in [-0.2, 0) is 0 Å². The van der Waals surface area contributed by atoms with E-state index in [1.807, 2.05) is 0 Å². The number of hydrogen-bond donors (Lipinski definition) is 2. The molecule has 1 saturated carbocycles. The van der Waals surface area contributed by atoms with E-state index in [1.54, 1.807) is 6.20 Å². The van der Waals surface area contributed by atoms with Crippen LogP contribution in [0.2, 0.25) is 0 Å². The molecule has 1 heterocycles. The summed E-state index contributed by atoms with van der Waals surface area (Å²) in [5.74, 6) is 6.93. The van der Waals surface area contributed by atoms with Crippen LogP contribution in [0.5, 0.6) is 5.88 Å². The first-order chi connectivity index (χ1) is 8.19. The fourth-order valence-electron chi connectivity index (χ4n) is 2.15. The highest BCUT2D eigenvalue weighted by molar-refractivity contribution is 9.10. The van der Waals surface area contributed by atoms with Crippen molar-refractivity contribution in [2.75, 3.05) is 5.43 Å². The molecule has 2 unspecified atom stereocenters. The standard InChI is InChI=1S/C11H17BrN4O/c1-7-3-2-4-8(5-7)17-10-9(12)6-14-11(15-10)16-13/h6-8H,2-5,13H2,1H3,(H,14,15,16). The van der Waals surface area contributed by atoms with Crippen LogP contribution in [0.25, 0.3) is 0 Å². The van der Waals surface area contributed by atoms with Gasteiger partial charge >= 0.3 is 0 Å². The van der Waals surface area contributed by atoms with Gasteiger partial charge in [-0.3, -0.25) is 5.43 Å².